The first-order valence-corrected chi connectivity index (χ1v) is 3.46. The molecule has 3 heteroatoms. The van der Waals surface area contributed by atoms with Crippen molar-refractivity contribution in [3.05, 3.63) is 23.7 Å². The molecule has 1 aromatic heterocycles. The van der Waals surface area contributed by atoms with Gasteiger partial charge in [-0.25, -0.2) is 0 Å². The lowest BCUT2D eigenvalue weighted by Crippen LogP contribution is -2.01. The van der Waals surface area contributed by atoms with E-state index in [4.69, 9.17) is 4.42 Å². The van der Waals surface area contributed by atoms with Gasteiger partial charge in [-0.05, 0) is 19.1 Å². The minimum Gasteiger partial charge on any atom is -0.460 e. The van der Waals surface area contributed by atoms with Crippen molar-refractivity contribution in [2.45, 2.75) is 6.92 Å². The third kappa shape index (κ3) is 2.45. The van der Waals surface area contributed by atoms with Crippen molar-refractivity contribution < 1.29 is 4.42 Å². The molecule has 0 amide bonds. The highest BCUT2D eigenvalue weighted by Crippen LogP contribution is 2.02. The summed E-state index contributed by atoms with van der Waals surface area (Å²) in [6.45, 7) is 1.91. The van der Waals surface area contributed by atoms with Crippen molar-refractivity contribution in [3.8, 4) is 0 Å². The van der Waals surface area contributed by atoms with Gasteiger partial charge in [0, 0.05) is 14.1 Å². The normalized spacial score (nSPS) is 10.8. The average molecular weight is 152 g/mol. The van der Waals surface area contributed by atoms with E-state index in [1.165, 1.54) is 0 Å². The predicted molar refractivity (Wildman–Crippen MR) is 44.7 cm³/mol. The summed E-state index contributed by atoms with van der Waals surface area (Å²) in [6, 6.07) is 3.80. The molecule has 0 aromatic carbocycles. The Morgan fingerprint density at radius 2 is 2.18 bits per heavy atom. The van der Waals surface area contributed by atoms with Crippen molar-refractivity contribution in [2.75, 3.05) is 14.1 Å². The molecule has 60 valence electrons. The topological polar surface area (TPSA) is 28.7 Å². The molecule has 3 nitrogen and oxygen atoms in total. The molecular weight excluding hydrogens is 140 g/mol. The van der Waals surface area contributed by atoms with E-state index >= 15 is 0 Å². The first kappa shape index (κ1) is 7.85. The molecule has 0 aliphatic heterocycles. The van der Waals surface area contributed by atoms with Gasteiger partial charge in [-0.3, -0.25) is 0 Å². The zero-order valence-corrected chi connectivity index (χ0v) is 7.03. The van der Waals surface area contributed by atoms with Crippen LogP contribution in [0.25, 0.3) is 0 Å². The van der Waals surface area contributed by atoms with Gasteiger partial charge in [-0.15, -0.1) is 0 Å². The Morgan fingerprint density at radius 1 is 1.45 bits per heavy atom. The quantitative estimate of drug-likeness (QED) is 0.474. The molecular formula is C8H12N2O. The van der Waals surface area contributed by atoms with Crippen LogP contribution in [0.1, 0.15) is 11.5 Å². The summed E-state index contributed by atoms with van der Waals surface area (Å²) in [7, 11) is 3.73. The lowest BCUT2D eigenvalue weighted by Gasteiger charge is -2.00. The molecule has 0 saturated heterocycles. The first-order chi connectivity index (χ1) is 5.18. The van der Waals surface area contributed by atoms with Crippen LogP contribution >= 0.6 is 0 Å². The molecule has 0 atom stereocenters. The minimum absolute atomic E-state index is 0.788. The van der Waals surface area contributed by atoms with Crippen molar-refractivity contribution in [1.82, 2.24) is 5.01 Å². The molecule has 1 heterocycles. The number of hydrogen-bond acceptors (Lipinski definition) is 3. The monoisotopic (exact) mass is 152 g/mol. The third-order valence-electron chi connectivity index (χ3n) is 1.18. The molecule has 0 spiro atoms. The van der Waals surface area contributed by atoms with Gasteiger partial charge >= 0.3 is 0 Å². The van der Waals surface area contributed by atoms with Crippen LogP contribution in [0.4, 0.5) is 0 Å². The fourth-order valence-electron chi connectivity index (χ4n) is 0.695. The van der Waals surface area contributed by atoms with Crippen molar-refractivity contribution in [1.29, 1.82) is 0 Å². The molecule has 0 aliphatic carbocycles. The van der Waals surface area contributed by atoms with Crippen LogP contribution in [-0.4, -0.2) is 25.3 Å². The molecule has 0 radical (unpaired) electrons. The van der Waals surface area contributed by atoms with Crippen molar-refractivity contribution >= 4 is 6.21 Å². The van der Waals surface area contributed by atoms with E-state index in [1.807, 2.05) is 33.2 Å². The van der Waals surface area contributed by atoms with Crippen LogP contribution in [-0.2, 0) is 0 Å². The smallest absolute Gasteiger partial charge is 0.147 e. The van der Waals surface area contributed by atoms with Crippen LogP contribution in [0.2, 0.25) is 0 Å². The predicted octanol–water partition coefficient (Wildman–Crippen LogP) is 1.48. The van der Waals surface area contributed by atoms with Gasteiger partial charge in [0.05, 0.1) is 6.21 Å². The lowest BCUT2D eigenvalue weighted by atomic mass is 10.4. The Morgan fingerprint density at radius 3 is 2.64 bits per heavy atom. The second-order valence-electron chi connectivity index (χ2n) is 2.54. The third-order valence-corrected chi connectivity index (χ3v) is 1.18. The number of aryl methyl sites for hydroxylation is 1. The maximum Gasteiger partial charge on any atom is 0.147 e. The molecule has 1 rings (SSSR count). The summed E-state index contributed by atoms with van der Waals surface area (Å²) in [4.78, 5) is 0. The van der Waals surface area contributed by atoms with Gasteiger partial charge in [-0.2, -0.15) is 5.10 Å². The highest BCUT2D eigenvalue weighted by atomic mass is 16.3. The van der Waals surface area contributed by atoms with Crippen LogP contribution in [0, 0.1) is 6.92 Å². The molecule has 0 unspecified atom stereocenters. The van der Waals surface area contributed by atoms with Gasteiger partial charge in [0.1, 0.15) is 11.5 Å². The number of rotatable bonds is 2. The number of hydrogen-bond donors (Lipinski definition) is 0. The van der Waals surface area contributed by atoms with Gasteiger partial charge < -0.3 is 9.43 Å². The number of nitrogens with zero attached hydrogens (tertiary/aromatic N) is 2. The first-order valence-electron chi connectivity index (χ1n) is 3.46. The van der Waals surface area contributed by atoms with Crippen LogP contribution in [0.5, 0.6) is 0 Å². The summed E-state index contributed by atoms with van der Waals surface area (Å²) < 4.78 is 5.26. The summed E-state index contributed by atoms with van der Waals surface area (Å²) in [5.41, 5.74) is 0. The average Bonchev–Trinajstić information content (AvgIpc) is 2.31. The van der Waals surface area contributed by atoms with E-state index in [2.05, 4.69) is 5.10 Å². The zero-order valence-electron chi connectivity index (χ0n) is 7.03. The van der Waals surface area contributed by atoms with Crippen molar-refractivity contribution in [3.63, 3.8) is 0 Å². The minimum atomic E-state index is 0.788. The van der Waals surface area contributed by atoms with Gasteiger partial charge in [0.15, 0.2) is 0 Å². The SMILES string of the molecule is Cc1ccc(/C=N/N(C)C)o1. The Labute approximate surface area is 66.3 Å². The van der Waals surface area contributed by atoms with Gasteiger partial charge in [-0.1, -0.05) is 0 Å². The van der Waals surface area contributed by atoms with E-state index in [1.54, 1.807) is 11.2 Å². The second kappa shape index (κ2) is 3.23. The van der Waals surface area contributed by atoms with Crippen LogP contribution in [0.15, 0.2) is 21.7 Å². The van der Waals surface area contributed by atoms with Gasteiger partial charge in [0.2, 0.25) is 0 Å². The molecule has 0 fully saturated rings. The Kier molecular flexibility index (Phi) is 2.31. The van der Waals surface area contributed by atoms with E-state index in [9.17, 15) is 0 Å². The lowest BCUT2D eigenvalue weighted by molar-refractivity contribution is 0.437. The Bertz CT molecular complexity index is 250. The molecule has 0 N–H and O–H groups in total. The maximum absolute atomic E-state index is 5.26. The molecule has 11 heavy (non-hydrogen) atoms. The Hall–Kier alpha value is -1.25. The van der Waals surface area contributed by atoms with Gasteiger partial charge in [0.25, 0.3) is 0 Å². The molecule has 0 saturated carbocycles. The fourth-order valence-corrected chi connectivity index (χ4v) is 0.695. The van der Waals surface area contributed by atoms with E-state index in [-0.39, 0.29) is 0 Å². The highest BCUT2D eigenvalue weighted by Gasteiger charge is 1.92. The fraction of sp³-hybridized carbons (Fsp3) is 0.375. The molecule has 0 aliphatic rings. The Balaban J connectivity index is 2.64. The maximum atomic E-state index is 5.26. The van der Waals surface area contributed by atoms with E-state index < -0.39 is 0 Å². The van der Waals surface area contributed by atoms with E-state index in [0.29, 0.717) is 0 Å². The standard InChI is InChI=1S/C8H12N2O/c1-7-4-5-8(11-7)6-9-10(2)3/h4-6H,1-3H3/b9-6+. The summed E-state index contributed by atoms with van der Waals surface area (Å²) >= 11 is 0. The number of furan rings is 1. The van der Waals surface area contributed by atoms with Crippen LogP contribution < -0.4 is 0 Å². The number of hydrazone groups is 1. The van der Waals surface area contributed by atoms with E-state index in [0.717, 1.165) is 11.5 Å². The zero-order chi connectivity index (χ0) is 8.27. The summed E-state index contributed by atoms with van der Waals surface area (Å²) in [6.07, 6.45) is 1.69. The van der Waals surface area contributed by atoms with Crippen LogP contribution in [0.3, 0.4) is 0 Å². The van der Waals surface area contributed by atoms with Crippen molar-refractivity contribution in [2.24, 2.45) is 5.10 Å². The largest absolute Gasteiger partial charge is 0.460 e. The summed E-state index contributed by atoms with van der Waals surface area (Å²) in [5, 5.41) is 5.74. The molecule has 0 bridgehead atoms. The molecule has 1 aromatic rings. The summed E-state index contributed by atoms with van der Waals surface area (Å²) in [5.74, 6) is 1.70. The highest BCUT2D eigenvalue weighted by molar-refractivity contribution is 5.75. The second-order valence-corrected chi connectivity index (χ2v) is 2.54.